The summed E-state index contributed by atoms with van der Waals surface area (Å²) in [6, 6.07) is 9.29. The quantitative estimate of drug-likeness (QED) is 0.729. The Morgan fingerprint density at radius 3 is 2.59 bits per heavy atom. The minimum Gasteiger partial charge on any atom is -0.481 e. The number of carbonyl (C=O) groups excluding carboxylic acids is 1. The Labute approximate surface area is 134 Å². The van der Waals surface area contributed by atoms with Gasteiger partial charge < -0.3 is 10.4 Å². The third kappa shape index (κ3) is 6.64. The predicted molar refractivity (Wildman–Crippen MR) is 86.4 cm³/mol. The minimum atomic E-state index is -0.868. The van der Waals surface area contributed by atoms with Gasteiger partial charge in [-0.05, 0) is 24.1 Å². The molecule has 0 spiro atoms. The first-order valence-electron chi connectivity index (χ1n) is 7.13. The first-order chi connectivity index (χ1) is 10.6. The van der Waals surface area contributed by atoms with Gasteiger partial charge in [0.2, 0.25) is 5.91 Å². The molecule has 22 heavy (non-hydrogen) atoms. The molecule has 0 bridgehead atoms. The normalized spacial score (nSPS) is 11.5. The van der Waals surface area contributed by atoms with E-state index in [4.69, 9.17) is 10.4 Å². The van der Waals surface area contributed by atoms with Crippen molar-refractivity contribution in [1.29, 1.82) is 5.26 Å². The fraction of sp³-hybridized carbons (Fsp3) is 0.438. The van der Waals surface area contributed by atoms with E-state index in [9.17, 15) is 9.59 Å². The van der Waals surface area contributed by atoms with Gasteiger partial charge in [0, 0.05) is 12.3 Å². The van der Waals surface area contributed by atoms with Crippen LogP contribution in [0.1, 0.15) is 30.9 Å². The first-order valence-corrected chi connectivity index (χ1v) is 8.28. The van der Waals surface area contributed by atoms with Gasteiger partial charge in [-0.15, -0.1) is 11.8 Å². The van der Waals surface area contributed by atoms with Gasteiger partial charge in [-0.25, -0.2) is 0 Å². The highest BCUT2D eigenvalue weighted by molar-refractivity contribution is 7.99. The van der Waals surface area contributed by atoms with E-state index in [0.717, 1.165) is 12.0 Å². The van der Waals surface area contributed by atoms with Crippen LogP contribution in [-0.4, -0.2) is 29.3 Å². The predicted octanol–water partition coefficient (Wildman–Crippen LogP) is 2.41. The molecule has 1 aromatic rings. The highest BCUT2D eigenvalue weighted by atomic mass is 32.2. The second kappa shape index (κ2) is 9.85. The molecule has 1 aromatic carbocycles. The van der Waals surface area contributed by atoms with Crippen molar-refractivity contribution >= 4 is 23.6 Å². The van der Waals surface area contributed by atoms with Gasteiger partial charge in [0.25, 0.3) is 0 Å². The van der Waals surface area contributed by atoms with E-state index in [2.05, 4.69) is 11.4 Å². The molecular weight excluding hydrogens is 300 g/mol. The number of hydrogen-bond donors (Lipinski definition) is 2. The molecule has 0 aliphatic rings. The van der Waals surface area contributed by atoms with Crippen LogP contribution in [-0.2, 0) is 15.3 Å². The van der Waals surface area contributed by atoms with Crippen molar-refractivity contribution < 1.29 is 14.7 Å². The largest absolute Gasteiger partial charge is 0.481 e. The van der Waals surface area contributed by atoms with Crippen molar-refractivity contribution in [2.45, 2.75) is 25.5 Å². The number of aliphatic carboxylic acids is 1. The van der Waals surface area contributed by atoms with E-state index in [1.807, 2.05) is 19.1 Å². The molecule has 0 aromatic heterocycles. The highest BCUT2D eigenvalue weighted by Crippen LogP contribution is 2.13. The maximum Gasteiger partial charge on any atom is 0.308 e. The summed E-state index contributed by atoms with van der Waals surface area (Å²) in [7, 11) is 0. The second-order valence-corrected chi connectivity index (χ2v) is 5.92. The number of carboxylic acids is 1. The van der Waals surface area contributed by atoms with E-state index >= 15 is 0 Å². The number of hydrogen-bond acceptors (Lipinski definition) is 4. The molecule has 1 unspecified atom stereocenters. The molecule has 0 saturated carbocycles. The third-order valence-corrected chi connectivity index (χ3v) is 4.12. The molecule has 6 heteroatoms. The number of carboxylic acid groups (broad SMARTS) is 1. The molecule has 1 rings (SSSR count). The molecule has 2 N–H and O–H groups in total. The summed E-state index contributed by atoms with van der Waals surface area (Å²) in [6.07, 6.45) is 1.34. The van der Waals surface area contributed by atoms with Crippen molar-refractivity contribution in [3.8, 4) is 6.07 Å². The van der Waals surface area contributed by atoms with Crippen molar-refractivity contribution in [3.63, 3.8) is 0 Å². The summed E-state index contributed by atoms with van der Waals surface area (Å²) < 4.78 is 0. The number of nitrogens with one attached hydrogen (secondary N) is 1. The zero-order valence-corrected chi connectivity index (χ0v) is 13.4. The number of thioether (sulfide) groups is 1. The van der Waals surface area contributed by atoms with Crippen LogP contribution in [0.25, 0.3) is 0 Å². The Bertz CT molecular complexity index is 537. The fourth-order valence-corrected chi connectivity index (χ4v) is 2.70. The maximum atomic E-state index is 11.7. The highest BCUT2D eigenvalue weighted by Gasteiger charge is 2.16. The monoisotopic (exact) mass is 320 g/mol. The number of nitriles is 1. The van der Waals surface area contributed by atoms with Crippen molar-refractivity contribution in [3.05, 3.63) is 35.4 Å². The third-order valence-electron chi connectivity index (χ3n) is 3.12. The number of carbonyl (C=O) groups is 2. The van der Waals surface area contributed by atoms with Crippen molar-refractivity contribution in [2.75, 3.05) is 12.3 Å². The van der Waals surface area contributed by atoms with Crippen LogP contribution in [0.15, 0.2) is 24.3 Å². The molecular formula is C16H20N2O3S. The summed E-state index contributed by atoms with van der Waals surface area (Å²) >= 11 is 1.46. The standard InChI is InChI=1S/C16H20N2O3S/c1-2-3-14(16(20)21)9-18-15(19)11-22-10-13-6-4-12(8-17)5-7-13/h4-7,14H,2-3,9-11H2,1H3,(H,18,19)(H,20,21). The smallest absolute Gasteiger partial charge is 0.308 e. The van der Waals surface area contributed by atoms with Gasteiger partial charge >= 0.3 is 5.97 Å². The van der Waals surface area contributed by atoms with Crippen LogP contribution in [0.4, 0.5) is 0 Å². The van der Waals surface area contributed by atoms with Gasteiger partial charge in [-0.3, -0.25) is 9.59 Å². The zero-order chi connectivity index (χ0) is 16.4. The lowest BCUT2D eigenvalue weighted by Gasteiger charge is -2.12. The summed E-state index contributed by atoms with van der Waals surface area (Å²) in [6.45, 7) is 2.10. The van der Waals surface area contributed by atoms with E-state index in [-0.39, 0.29) is 12.5 Å². The Morgan fingerprint density at radius 2 is 2.05 bits per heavy atom. The SMILES string of the molecule is CCCC(CNC(=O)CSCc1ccc(C#N)cc1)C(=O)O. The van der Waals surface area contributed by atoms with Gasteiger partial charge in [0.15, 0.2) is 0 Å². The van der Waals surface area contributed by atoms with Crippen LogP contribution >= 0.6 is 11.8 Å². The number of amides is 1. The summed E-state index contributed by atoms with van der Waals surface area (Å²) in [5.41, 5.74) is 1.66. The summed E-state index contributed by atoms with van der Waals surface area (Å²) in [5.74, 6) is -0.569. The van der Waals surface area contributed by atoms with Crippen LogP contribution in [0, 0.1) is 17.2 Å². The van der Waals surface area contributed by atoms with Gasteiger partial charge in [0.1, 0.15) is 0 Å². The lowest BCUT2D eigenvalue weighted by Crippen LogP contribution is -2.33. The molecule has 1 atom stereocenters. The first kappa shape index (κ1) is 18.1. The lowest BCUT2D eigenvalue weighted by atomic mass is 10.0. The summed E-state index contributed by atoms with van der Waals surface area (Å²) in [4.78, 5) is 22.7. The molecule has 0 aliphatic heterocycles. The van der Waals surface area contributed by atoms with E-state index in [1.54, 1.807) is 12.1 Å². The molecule has 1 amide bonds. The zero-order valence-electron chi connectivity index (χ0n) is 12.5. The van der Waals surface area contributed by atoms with E-state index in [0.29, 0.717) is 23.5 Å². The van der Waals surface area contributed by atoms with Gasteiger partial charge in [-0.2, -0.15) is 5.26 Å². The molecule has 0 fully saturated rings. The van der Waals surface area contributed by atoms with Crippen LogP contribution in [0.5, 0.6) is 0 Å². The molecule has 0 aliphatic carbocycles. The Hall–Kier alpha value is -2.00. The van der Waals surface area contributed by atoms with Gasteiger partial charge in [-0.1, -0.05) is 25.5 Å². The van der Waals surface area contributed by atoms with Crippen molar-refractivity contribution in [2.24, 2.45) is 5.92 Å². The average molecular weight is 320 g/mol. The van der Waals surface area contributed by atoms with Crippen LogP contribution in [0.3, 0.4) is 0 Å². The molecule has 118 valence electrons. The topological polar surface area (TPSA) is 90.2 Å². The van der Waals surface area contributed by atoms with Crippen LogP contribution < -0.4 is 5.32 Å². The molecule has 0 heterocycles. The average Bonchev–Trinajstić information content (AvgIpc) is 2.51. The lowest BCUT2D eigenvalue weighted by molar-refractivity contribution is -0.141. The molecule has 0 saturated heterocycles. The second-order valence-electron chi connectivity index (χ2n) is 4.93. The Kier molecular flexibility index (Phi) is 8.08. The van der Waals surface area contributed by atoms with Gasteiger partial charge in [0.05, 0.1) is 23.3 Å². The number of rotatable bonds is 9. The molecule has 0 radical (unpaired) electrons. The Balaban J connectivity index is 2.27. The van der Waals surface area contributed by atoms with Crippen LogP contribution in [0.2, 0.25) is 0 Å². The minimum absolute atomic E-state index is 0.152. The van der Waals surface area contributed by atoms with Crippen molar-refractivity contribution in [1.82, 2.24) is 5.32 Å². The maximum absolute atomic E-state index is 11.7. The number of benzene rings is 1. The molecule has 5 nitrogen and oxygen atoms in total. The Morgan fingerprint density at radius 1 is 1.36 bits per heavy atom. The van der Waals surface area contributed by atoms with E-state index in [1.165, 1.54) is 11.8 Å². The summed E-state index contributed by atoms with van der Waals surface area (Å²) in [5, 5.41) is 20.4. The van der Waals surface area contributed by atoms with E-state index < -0.39 is 11.9 Å². The fourth-order valence-electron chi connectivity index (χ4n) is 1.89. The number of nitrogens with zero attached hydrogens (tertiary/aromatic N) is 1.